The van der Waals surface area contributed by atoms with Gasteiger partial charge in [0.1, 0.15) is 0 Å². The molecule has 4 fully saturated rings. The van der Waals surface area contributed by atoms with Crippen molar-refractivity contribution < 1.29 is 0 Å². The van der Waals surface area contributed by atoms with E-state index in [1.165, 1.54) is 65.1 Å². The Kier molecular flexibility index (Phi) is 6.14. The normalized spacial score (nSPS) is 24.1. The van der Waals surface area contributed by atoms with E-state index in [2.05, 4.69) is 121 Å². The zero-order valence-electron chi connectivity index (χ0n) is 28.0. The van der Waals surface area contributed by atoms with Gasteiger partial charge < -0.3 is 0 Å². The minimum atomic E-state index is 0.0947. The molecule has 1 spiro atoms. The number of hydrogen-bond donors (Lipinski definition) is 0. The molecule has 3 nitrogen and oxygen atoms in total. The molecular weight excluding hydrogens is 607 g/mol. The number of rotatable bonds is 4. The Labute approximate surface area is 293 Å². The molecule has 0 N–H and O–H groups in total. The molecular formula is C47H37N3. The molecule has 12 rings (SSSR count). The molecule has 4 bridgehead atoms. The van der Waals surface area contributed by atoms with Crippen LogP contribution in [0.15, 0.2) is 140 Å². The van der Waals surface area contributed by atoms with Crippen molar-refractivity contribution >= 4 is 10.8 Å². The van der Waals surface area contributed by atoms with Gasteiger partial charge in [-0.15, -0.1) is 0 Å². The first kappa shape index (κ1) is 28.4. The second kappa shape index (κ2) is 10.8. The van der Waals surface area contributed by atoms with Crippen LogP contribution in [0.25, 0.3) is 67.2 Å². The molecule has 0 amide bonds. The van der Waals surface area contributed by atoms with Gasteiger partial charge in [-0.2, -0.15) is 0 Å². The van der Waals surface area contributed by atoms with E-state index in [1.807, 2.05) is 18.2 Å². The third-order valence-electron chi connectivity index (χ3n) is 12.7. The lowest BCUT2D eigenvalue weighted by Crippen LogP contribution is -2.55. The lowest BCUT2D eigenvalue weighted by atomic mass is 9.43. The van der Waals surface area contributed by atoms with Crippen molar-refractivity contribution in [3.05, 3.63) is 151 Å². The molecule has 7 aromatic rings. The van der Waals surface area contributed by atoms with Gasteiger partial charge in [0.15, 0.2) is 17.5 Å². The maximum atomic E-state index is 5.19. The van der Waals surface area contributed by atoms with Crippen molar-refractivity contribution in [3.8, 4) is 56.4 Å². The molecule has 0 atom stereocenters. The number of benzene rings is 6. The molecule has 240 valence electrons. The number of aromatic nitrogens is 3. The van der Waals surface area contributed by atoms with Gasteiger partial charge in [-0.05, 0) is 106 Å². The van der Waals surface area contributed by atoms with Crippen molar-refractivity contribution in [2.45, 2.75) is 37.5 Å². The highest BCUT2D eigenvalue weighted by atomic mass is 15.0. The fourth-order valence-electron chi connectivity index (χ4n) is 10.9. The SMILES string of the molecule is c1ccc(-c2ccc(-c3nc(-c4ccccc4)nc(-c4ccc5c(c4)-c4ccc6ccccc6c4C54C5CC6CC(C5)CC4C6)n3)cc2)cc1. The summed E-state index contributed by atoms with van der Waals surface area (Å²) in [4.78, 5) is 15.4. The summed E-state index contributed by atoms with van der Waals surface area (Å²) in [7, 11) is 0. The molecule has 1 aromatic heterocycles. The predicted octanol–water partition coefficient (Wildman–Crippen LogP) is 11.4. The lowest BCUT2D eigenvalue weighted by Gasteiger charge is -2.61. The summed E-state index contributed by atoms with van der Waals surface area (Å²) >= 11 is 0. The van der Waals surface area contributed by atoms with Gasteiger partial charge >= 0.3 is 0 Å². The first-order valence-corrected chi connectivity index (χ1v) is 18.4. The molecule has 6 aromatic carbocycles. The Morgan fingerprint density at radius 3 is 1.62 bits per heavy atom. The van der Waals surface area contributed by atoms with Gasteiger partial charge in [0.2, 0.25) is 0 Å². The molecule has 4 saturated carbocycles. The summed E-state index contributed by atoms with van der Waals surface area (Å²) in [6.07, 6.45) is 6.94. The molecule has 5 aliphatic carbocycles. The molecule has 5 aliphatic rings. The minimum absolute atomic E-state index is 0.0947. The molecule has 0 radical (unpaired) electrons. The van der Waals surface area contributed by atoms with Crippen LogP contribution in [0, 0.1) is 23.7 Å². The highest BCUT2D eigenvalue weighted by Crippen LogP contribution is 2.70. The van der Waals surface area contributed by atoms with Crippen molar-refractivity contribution in [3.63, 3.8) is 0 Å². The van der Waals surface area contributed by atoms with Crippen LogP contribution in [0.2, 0.25) is 0 Å². The Morgan fingerprint density at radius 2 is 0.940 bits per heavy atom. The second-order valence-corrected chi connectivity index (χ2v) is 15.3. The molecule has 0 unspecified atom stereocenters. The van der Waals surface area contributed by atoms with Crippen molar-refractivity contribution in [2.24, 2.45) is 23.7 Å². The lowest BCUT2D eigenvalue weighted by molar-refractivity contribution is -0.0393. The maximum Gasteiger partial charge on any atom is 0.164 e. The van der Waals surface area contributed by atoms with E-state index in [1.54, 1.807) is 11.1 Å². The third kappa shape index (κ3) is 4.13. The summed E-state index contributed by atoms with van der Waals surface area (Å²) in [5.41, 5.74) is 11.4. The molecule has 0 aliphatic heterocycles. The van der Waals surface area contributed by atoms with Crippen LogP contribution in [-0.4, -0.2) is 15.0 Å². The van der Waals surface area contributed by atoms with Crippen LogP contribution in [0.1, 0.15) is 43.2 Å². The van der Waals surface area contributed by atoms with Crippen molar-refractivity contribution in [2.75, 3.05) is 0 Å². The van der Waals surface area contributed by atoms with E-state index in [0.717, 1.165) is 34.4 Å². The summed E-state index contributed by atoms with van der Waals surface area (Å²) in [5.74, 6) is 5.35. The highest BCUT2D eigenvalue weighted by molar-refractivity contribution is 5.98. The van der Waals surface area contributed by atoms with Crippen LogP contribution in [0.3, 0.4) is 0 Å². The fourth-order valence-corrected chi connectivity index (χ4v) is 10.9. The van der Waals surface area contributed by atoms with E-state index in [-0.39, 0.29) is 5.41 Å². The van der Waals surface area contributed by atoms with Crippen LogP contribution < -0.4 is 0 Å². The molecule has 0 saturated heterocycles. The van der Waals surface area contributed by atoms with Gasteiger partial charge in [0.05, 0.1) is 0 Å². The van der Waals surface area contributed by atoms with E-state index in [4.69, 9.17) is 15.0 Å². The zero-order chi connectivity index (χ0) is 32.8. The van der Waals surface area contributed by atoms with E-state index < -0.39 is 0 Å². The predicted molar refractivity (Wildman–Crippen MR) is 202 cm³/mol. The Bertz CT molecular complexity index is 2400. The van der Waals surface area contributed by atoms with E-state index >= 15 is 0 Å². The topological polar surface area (TPSA) is 38.7 Å². The van der Waals surface area contributed by atoms with Crippen LogP contribution in [0.4, 0.5) is 0 Å². The third-order valence-corrected chi connectivity index (χ3v) is 12.7. The average Bonchev–Trinajstić information content (AvgIpc) is 3.48. The summed E-state index contributed by atoms with van der Waals surface area (Å²) in [6, 6.07) is 50.5. The maximum absolute atomic E-state index is 5.19. The summed E-state index contributed by atoms with van der Waals surface area (Å²) < 4.78 is 0. The molecule has 50 heavy (non-hydrogen) atoms. The van der Waals surface area contributed by atoms with Gasteiger partial charge in [-0.3, -0.25) is 0 Å². The van der Waals surface area contributed by atoms with Gasteiger partial charge in [-0.25, -0.2) is 15.0 Å². The minimum Gasteiger partial charge on any atom is -0.208 e. The molecule has 3 heteroatoms. The van der Waals surface area contributed by atoms with Crippen LogP contribution in [0.5, 0.6) is 0 Å². The number of hydrogen-bond acceptors (Lipinski definition) is 3. The van der Waals surface area contributed by atoms with E-state index in [0.29, 0.717) is 23.5 Å². The average molecular weight is 644 g/mol. The quantitative estimate of drug-likeness (QED) is 0.192. The van der Waals surface area contributed by atoms with Crippen molar-refractivity contribution in [1.82, 2.24) is 15.0 Å². The summed E-state index contributed by atoms with van der Waals surface area (Å²) in [6.45, 7) is 0. The highest BCUT2D eigenvalue weighted by Gasteiger charge is 2.62. The second-order valence-electron chi connectivity index (χ2n) is 15.3. The Balaban J connectivity index is 1.09. The largest absolute Gasteiger partial charge is 0.208 e. The number of nitrogens with zero attached hydrogens (tertiary/aromatic N) is 3. The zero-order valence-corrected chi connectivity index (χ0v) is 28.0. The van der Waals surface area contributed by atoms with Gasteiger partial charge in [0.25, 0.3) is 0 Å². The fraction of sp³-hybridized carbons (Fsp3) is 0.213. The smallest absolute Gasteiger partial charge is 0.164 e. The number of fused-ring (bicyclic) bond motifs is 5. The van der Waals surface area contributed by atoms with Crippen LogP contribution >= 0.6 is 0 Å². The molecule has 1 heterocycles. The monoisotopic (exact) mass is 643 g/mol. The van der Waals surface area contributed by atoms with E-state index in [9.17, 15) is 0 Å². The van der Waals surface area contributed by atoms with Gasteiger partial charge in [0, 0.05) is 22.1 Å². The Hall–Kier alpha value is -5.41. The summed E-state index contributed by atoms with van der Waals surface area (Å²) in [5, 5.41) is 2.81. The standard InChI is InChI=1S/C47H37N3/c1-3-9-31(10-4-1)32-15-17-35(18-16-32)45-48-44(34-12-5-2-6-13-34)49-46(50-45)36-20-22-42-41(28-36)40-21-19-33-11-7-8-14-39(33)43(40)47(42)37-24-29-23-30(26-37)27-38(47)25-29/h1-22,28-30,37-38H,23-27H2. The van der Waals surface area contributed by atoms with Gasteiger partial charge in [-0.1, -0.05) is 133 Å². The van der Waals surface area contributed by atoms with Crippen LogP contribution in [-0.2, 0) is 5.41 Å². The van der Waals surface area contributed by atoms with Crippen molar-refractivity contribution in [1.29, 1.82) is 0 Å². The first-order chi connectivity index (χ1) is 24.7. The Morgan fingerprint density at radius 1 is 0.420 bits per heavy atom. The first-order valence-electron chi connectivity index (χ1n) is 18.4.